The molecule has 1 fully saturated rings. The Balaban J connectivity index is 1.70. The van der Waals surface area contributed by atoms with E-state index in [-0.39, 0.29) is 30.4 Å². The number of sulfonamides is 1. The molecule has 32 heavy (non-hydrogen) atoms. The van der Waals surface area contributed by atoms with Crippen LogP contribution in [0.3, 0.4) is 0 Å². The number of hydrogen-bond acceptors (Lipinski definition) is 6. The molecule has 2 aromatic rings. The third-order valence-corrected chi connectivity index (χ3v) is 7.32. The van der Waals surface area contributed by atoms with Crippen LogP contribution in [0.4, 0.5) is 11.4 Å². The Hall–Kier alpha value is -2.66. The molecular weight excluding hydrogens is 456 g/mol. The molecule has 1 aliphatic heterocycles. The number of ether oxygens (including phenoxy) is 1. The molecule has 11 heteroatoms. The fourth-order valence-electron chi connectivity index (χ4n) is 3.21. The Morgan fingerprint density at radius 1 is 1.12 bits per heavy atom. The van der Waals surface area contributed by atoms with Gasteiger partial charge in [0.05, 0.1) is 35.4 Å². The Morgan fingerprint density at radius 3 is 2.53 bits per heavy atom. The van der Waals surface area contributed by atoms with E-state index >= 15 is 0 Å². The molecule has 1 aliphatic rings. The molecule has 0 aromatic heterocycles. The number of amides is 2. The van der Waals surface area contributed by atoms with Gasteiger partial charge in [-0.05, 0) is 42.8 Å². The van der Waals surface area contributed by atoms with Gasteiger partial charge in [-0.3, -0.25) is 9.59 Å². The second kappa shape index (κ2) is 10.3. The smallest absolute Gasteiger partial charge is 0.251 e. The highest BCUT2D eigenvalue weighted by atomic mass is 35.5. The predicted octanol–water partition coefficient (Wildman–Crippen LogP) is 2.08. The van der Waals surface area contributed by atoms with Gasteiger partial charge in [-0.2, -0.15) is 4.31 Å². The molecule has 2 amide bonds. The van der Waals surface area contributed by atoms with E-state index in [9.17, 15) is 18.0 Å². The van der Waals surface area contributed by atoms with Crippen LogP contribution in [0.2, 0.25) is 5.02 Å². The SMILES string of the molecule is CNC(=O)c1ccc(Cl)c(NCC(=O)Nc2ccc(C)c(S(=O)(=O)N3CCOCC3)c2)c1. The lowest BCUT2D eigenvalue weighted by Crippen LogP contribution is -2.40. The topological polar surface area (TPSA) is 117 Å². The summed E-state index contributed by atoms with van der Waals surface area (Å²) in [4.78, 5) is 24.4. The maximum atomic E-state index is 13.0. The van der Waals surface area contributed by atoms with Crippen LogP contribution >= 0.6 is 11.6 Å². The van der Waals surface area contributed by atoms with Gasteiger partial charge < -0.3 is 20.7 Å². The largest absolute Gasteiger partial charge is 0.379 e. The first-order valence-electron chi connectivity index (χ1n) is 9.96. The van der Waals surface area contributed by atoms with Crippen molar-refractivity contribution in [1.29, 1.82) is 0 Å². The van der Waals surface area contributed by atoms with Crippen molar-refractivity contribution in [3.05, 3.63) is 52.5 Å². The van der Waals surface area contributed by atoms with Crippen molar-refractivity contribution >= 4 is 44.8 Å². The molecule has 2 aromatic carbocycles. The molecule has 0 spiro atoms. The Kier molecular flexibility index (Phi) is 7.73. The molecular formula is C21H25ClN4O5S. The van der Waals surface area contributed by atoms with Gasteiger partial charge in [-0.1, -0.05) is 17.7 Å². The van der Waals surface area contributed by atoms with Gasteiger partial charge in [0.15, 0.2) is 0 Å². The number of anilines is 2. The summed E-state index contributed by atoms with van der Waals surface area (Å²) in [6, 6.07) is 9.44. The summed E-state index contributed by atoms with van der Waals surface area (Å²) < 4.78 is 32.6. The molecule has 3 N–H and O–H groups in total. The third kappa shape index (κ3) is 5.57. The van der Waals surface area contributed by atoms with E-state index in [1.807, 2.05) is 0 Å². The van der Waals surface area contributed by atoms with Gasteiger partial charge in [-0.25, -0.2) is 8.42 Å². The molecule has 1 heterocycles. The van der Waals surface area contributed by atoms with E-state index in [1.165, 1.54) is 17.4 Å². The summed E-state index contributed by atoms with van der Waals surface area (Å²) in [6.45, 7) is 2.86. The third-order valence-electron chi connectivity index (χ3n) is 4.95. The second-order valence-electron chi connectivity index (χ2n) is 7.17. The number of carbonyl (C=O) groups excluding carboxylic acids is 2. The van der Waals surface area contributed by atoms with Crippen LogP contribution in [0.5, 0.6) is 0 Å². The lowest BCUT2D eigenvalue weighted by Gasteiger charge is -2.26. The molecule has 0 aliphatic carbocycles. The van der Waals surface area contributed by atoms with Crippen LogP contribution in [-0.4, -0.2) is 64.4 Å². The van der Waals surface area contributed by atoms with E-state index < -0.39 is 15.9 Å². The number of nitrogens with one attached hydrogen (secondary N) is 3. The van der Waals surface area contributed by atoms with Crippen LogP contribution in [-0.2, 0) is 19.6 Å². The second-order valence-corrected chi connectivity index (χ2v) is 9.49. The number of hydrogen-bond donors (Lipinski definition) is 3. The van der Waals surface area contributed by atoms with Gasteiger partial charge in [0.2, 0.25) is 15.9 Å². The number of carbonyl (C=O) groups is 2. The monoisotopic (exact) mass is 480 g/mol. The number of benzene rings is 2. The molecule has 0 radical (unpaired) electrons. The van der Waals surface area contributed by atoms with Crippen LogP contribution in [0.15, 0.2) is 41.3 Å². The summed E-state index contributed by atoms with van der Waals surface area (Å²) >= 11 is 6.14. The van der Waals surface area contributed by atoms with Gasteiger partial charge in [0.1, 0.15) is 0 Å². The fourth-order valence-corrected chi connectivity index (χ4v) is 5.05. The molecule has 9 nitrogen and oxygen atoms in total. The zero-order chi connectivity index (χ0) is 23.3. The zero-order valence-electron chi connectivity index (χ0n) is 17.8. The number of rotatable bonds is 7. The van der Waals surface area contributed by atoms with Crippen molar-refractivity contribution in [2.45, 2.75) is 11.8 Å². The minimum atomic E-state index is -3.70. The van der Waals surface area contributed by atoms with Gasteiger partial charge in [0.25, 0.3) is 5.91 Å². The summed E-state index contributed by atoms with van der Waals surface area (Å²) in [5.74, 6) is -0.673. The van der Waals surface area contributed by atoms with E-state index in [1.54, 1.807) is 37.3 Å². The Morgan fingerprint density at radius 2 is 1.84 bits per heavy atom. The van der Waals surface area contributed by atoms with E-state index in [4.69, 9.17) is 16.3 Å². The van der Waals surface area contributed by atoms with E-state index in [0.29, 0.717) is 40.7 Å². The minimum absolute atomic E-state index is 0.129. The fraction of sp³-hybridized carbons (Fsp3) is 0.333. The van der Waals surface area contributed by atoms with Crippen molar-refractivity contribution in [3.63, 3.8) is 0 Å². The minimum Gasteiger partial charge on any atom is -0.379 e. The van der Waals surface area contributed by atoms with Crippen molar-refractivity contribution in [1.82, 2.24) is 9.62 Å². The lowest BCUT2D eigenvalue weighted by atomic mass is 10.2. The molecule has 0 saturated carbocycles. The van der Waals surface area contributed by atoms with Gasteiger partial charge in [-0.15, -0.1) is 0 Å². The molecule has 1 saturated heterocycles. The average molecular weight is 481 g/mol. The normalized spacial score (nSPS) is 14.6. The van der Waals surface area contributed by atoms with E-state index in [0.717, 1.165) is 0 Å². The first-order valence-corrected chi connectivity index (χ1v) is 11.8. The van der Waals surface area contributed by atoms with Gasteiger partial charge >= 0.3 is 0 Å². The summed E-state index contributed by atoms with van der Waals surface area (Å²) in [6.07, 6.45) is 0. The zero-order valence-corrected chi connectivity index (χ0v) is 19.3. The van der Waals surface area contributed by atoms with Crippen LogP contribution in [0.1, 0.15) is 15.9 Å². The molecule has 0 bridgehead atoms. The summed E-state index contributed by atoms with van der Waals surface area (Å²) in [7, 11) is -2.18. The van der Waals surface area contributed by atoms with E-state index in [2.05, 4.69) is 16.0 Å². The number of aryl methyl sites for hydroxylation is 1. The molecule has 3 rings (SSSR count). The highest BCUT2D eigenvalue weighted by Crippen LogP contribution is 2.25. The maximum absolute atomic E-state index is 13.0. The predicted molar refractivity (Wildman–Crippen MR) is 123 cm³/mol. The number of halogens is 1. The Bertz CT molecular complexity index is 1120. The number of morpholine rings is 1. The first-order chi connectivity index (χ1) is 15.2. The molecule has 0 atom stereocenters. The molecule has 172 valence electrons. The van der Waals surface area contributed by atoms with Crippen molar-refractivity contribution in [2.24, 2.45) is 0 Å². The number of nitrogens with zero attached hydrogens (tertiary/aromatic N) is 1. The van der Waals surface area contributed by atoms with Crippen LogP contribution in [0, 0.1) is 6.92 Å². The van der Waals surface area contributed by atoms with Crippen molar-refractivity contribution in [3.8, 4) is 0 Å². The maximum Gasteiger partial charge on any atom is 0.251 e. The highest BCUT2D eigenvalue weighted by molar-refractivity contribution is 7.89. The summed E-state index contributed by atoms with van der Waals surface area (Å²) in [5, 5.41) is 8.47. The van der Waals surface area contributed by atoms with Crippen LogP contribution in [0.25, 0.3) is 0 Å². The Labute approximate surface area is 192 Å². The average Bonchev–Trinajstić information content (AvgIpc) is 2.79. The lowest BCUT2D eigenvalue weighted by molar-refractivity contribution is -0.114. The quantitative estimate of drug-likeness (QED) is 0.558. The molecule has 0 unspecified atom stereocenters. The van der Waals surface area contributed by atoms with Crippen molar-refractivity contribution < 1.29 is 22.7 Å². The van der Waals surface area contributed by atoms with Crippen molar-refractivity contribution in [2.75, 3.05) is 50.5 Å². The van der Waals surface area contributed by atoms with Gasteiger partial charge in [0, 0.05) is 31.4 Å². The summed E-state index contributed by atoms with van der Waals surface area (Å²) in [5.41, 5.74) is 1.78. The highest BCUT2D eigenvalue weighted by Gasteiger charge is 2.28. The van der Waals surface area contributed by atoms with Crippen LogP contribution < -0.4 is 16.0 Å². The standard InChI is InChI=1S/C21H25ClN4O5S/c1-14-3-5-16(12-19(14)32(29,30)26-7-9-31-10-8-26)25-20(27)13-24-18-11-15(21(28)23-2)4-6-17(18)22/h3-6,11-12,24H,7-10,13H2,1-2H3,(H,23,28)(H,25,27). The first kappa shape index (κ1) is 24.0.